The Morgan fingerprint density at radius 3 is 3.00 bits per heavy atom. The van der Waals surface area contributed by atoms with E-state index in [1.54, 1.807) is 0 Å². The number of rotatable bonds is 5. The standard InChI is InChI=1S/C15H19ClO3/c1-11-5-6-12(14(16)8-11)9-13(17)10-19-15-4-2-3-7-18-15/h5-6,8,15H,2-4,7,9-10H2,1H3. The summed E-state index contributed by atoms with van der Waals surface area (Å²) in [6.45, 7) is 2.79. The molecule has 1 unspecified atom stereocenters. The number of hydrogen-bond acceptors (Lipinski definition) is 3. The Morgan fingerprint density at radius 1 is 1.47 bits per heavy atom. The van der Waals surface area contributed by atoms with Crippen molar-refractivity contribution < 1.29 is 14.3 Å². The second-order valence-corrected chi connectivity index (χ2v) is 5.32. The molecule has 0 amide bonds. The lowest BCUT2D eigenvalue weighted by Crippen LogP contribution is -2.25. The number of aryl methyl sites for hydroxylation is 1. The molecule has 1 saturated heterocycles. The lowest BCUT2D eigenvalue weighted by atomic mass is 10.1. The minimum absolute atomic E-state index is 0.0277. The van der Waals surface area contributed by atoms with Crippen molar-refractivity contribution in [1.29, 1.82) is 0 Å². The smallest absolute Gasteiger partial charge is 0.162 e. The van der Waals surface area contributed by atoms with Gasteiger partial charge in [0.05, 0.1) is 0 Å². The number of hydrogen-bond donors (Lipinski definition) is 0. The molecule has 3 nitrogen and oxygen atoms in total. The number of carbonyl (C=O) groups is 1. The van der Waals surface area contributed by atoms with Crippen molar-refractivity contribution in [3.63, 3.8) is 0 Å². The Morgan fingerprint density at radius 2 is 2.32 bits per heavy atom. The van der Waals surface area contributed by atoms with Crippen molar-refractivity contribution in [2.75, 3.05) is 13.2 Å². The summed E-state index contributed by atoms with van der Waals surface area (Å²) >= 11 is 6.10. The van der Waals surface area contributed by atoms with Crippen LogP contribution in [0.3, 0.4) is 0 Å². The predicted octanol–water partition coefficient (Wildman–Crippen LogP) is 3.30. The second kappa shape index (κ2) is 7.04. The van der Waals surface area contributed by atoms with E-state index >= 15 is 0 Å². The Balaban J connectivity index is 1.80. The van der Waals surface area contributed by atoms with Crippen molar-refractivity contribution in [2.45, 2.75) is 38.9 Å². The van der Waals surface area contributed by atoms with Gasteiger partial charge in [-0.3, -0.25) is 4.79 Å². The minimum atomic E-state index is -0.216. The molecule has 4 heteroatoms. The number of ether oxygens (including phenoxy) is 2. The van der Waals surface area contributed by atoms with Gasteiger partial charge in [-0.2, -0.15) is 0 Å². The quantitative estimate of drug-likeness (QED) is 0.831. The molecule has 0 radical (unpaired) electrons. The summed E-state index contributed by atoms with van der Waals surface area (Å²) in [6, 6.07) is 5.72. The molecular formula is C15H19ClO3. The topological polar surface area (TPSA) is 35.5 Å². The highest BCUT2D eigenvalue weighted by atomic mass is 35.5. The summed E-state index contributed by atoms with van der Waals surface area (Å²) in [6.07, 6.45) is 3.14. The van der Waals surface area contributed by atoms with Crippen LogP contribution in [0.5, 0.6) is 0 Å². The van der Waals surface area contributed by atoms with Gasteiger partial charge >= 0.3 is 0 Å². The Labute approximate surface area is 118 Å². The van der Waals surface area contributed by atoms with E-state index in [0.717, 1.165) is 37.0 Å². The lowest BCUT2D eigenvalue weighted by molar-refractivity contribution is -0.168. The van der Waals surface area contributed by atoms with Crippen LogP contribution in [-0.4, -0.2) is 25.3 Å². The van der Waals surface area contributed by atoms with Crippen molar-refractivity contribution in [1.82, 2.24) is 0 Å². The number of benzene rings is 1. The molecule has 0 saturated carbocycles. The van der Waals surface area contributed by atoms with E-state index in [4.69, 9.17) is 21.1 Å². The van der Waals surface area contributed by atoms with Gasteiger partial charge in [0.2, 0.25) is 0 Å². The third-order valence-electron chi connectivity index (χ3n) is 3.16. The predicted molar refractivity (Wildman–Crippen MR) is 74.4 cm³/mol. The van der Waals surface area contributed by atoms with Gasteiger partial charge in [0.15, 0.2) is 12.1 Å². The fraction of sp³-hybridized carbons (Fsp3) is 0.533. The third kappa shape index (κ3) is 4.60. The zero-order valence-electron chi connectivity index (χ0n) is 11.2. The molecule has 19 heavy (non-hydrogen) atoms. The molecule has 1 aromatic rings. The summed E-state index contributed by atoms with van der Waals surface area (Å²) < 4.78 is 10.9. The van der Waals surface area contributed by atoms with E-state index in [9.17, 15) is 4.79 Å². The molecular weight excluding hydrogens is 264 g/mol. The fourth-order valence-electron chi connectivity index (χ4n) is 2.09. The van der Waals surface area contributed by atoms with Crippen LogP contribution < -0.4 is 0 Å². The number of Topliss-reactive ketones (excluding diaryl/α,β-unsaturated/α-hetero) is 1. The van der Waals surface area contributed by atoms with E-state index < -0.39 is 0 Å². The summed E-state index contributed by atoms with van der Waals surface area (Å²) in [7, 11) is 0. The summed E-state index contributed by atoms with van der Waals surface area (Å²) in [4.78, 5) is 11.9. The number of halogens is 1. The second-order valence-electron chi connectivity index (χ2n) is 4.92. The molecule has 0 N–H and O–H groups in total. The summed E-state index contributed by atoms with van der Waals surface area (Å²) in [5.41, 5.74) is 1.94. The maximum absolute atomic E-state index is 11.9. The Kier molecular flexibility index (Phi) is 5.37. The van der Waals surface area contributed by atoms with Crippen molar-refractivity contribution in [3.8, 4) is 0 Å². The Bertz CT molecular complexity index is 439. The van der Waals surface area contributed by atoms with Gasteiger partial charge in [-0.25, -0.2) is 0 Å². The van der Waals surface area contributed by atoms with Crippen molar-refractivity contribution in [3.05, 3.63) is 34.3 Å². The van der Waals surface area contributed by atoms with Gasteiger partial charge in [0, 0.05) is 18.1 Å². The van der Waals surface area contributed by atoms with Crippen LogP contribution in [0.1, 0.15) is 30.4 Å². The molecule has 1 heterocycles. The van der Waals surface area contributed by atoms with Gasteiger partial charge < -0.3 is 9.47 Å². The van der Waals surface area contributed by atoms with Gasteiger partial charge in [0.1, 0.15) is 6.61 Å². The van der Waals surface area contributed by atoms with Gasteiger partial charge in [-0.1, -0.05) is 23.7 Å². The summed E-state index contributed by atoms with van der Waals surface area (Å²) in [5, 5.41) is 0.641. The van der Waals surface area contributed by atoms with Gasteiger partial charge in [-0.15, -0.1) is 0 Å². The van der Waals surface area contributed by atoms with E-state index in [1.807, 2.05) is 25.1 Å². The largest absolute Gasteiger partial charge is 0.353 e. The zero-order valence-corrected chi connectivity index (χ0v) is 11.9. The fourth-order valence-corrected chi connectivity index (χ4v) is 2.39. The van der Waals surface area contributed by atoms with Gasteiger partial charge in [-0.05, 0) is 43.4 Å². The molecule has 0 spiro atoms. The number of ketones is 1. The van der Waals surface area contributed by atoms with Crippen LogP contribution in [0.25, 0.3) is 0 Å². The monoisotopic (exact) mass is 282 g/mol. The Hall–Kier alpha value is -0.900. The highest BCUT2D eigenvalue weighted by Crippen LogP contribution is 2.19. The molecule has 0 bridgehead atoms. The molecule has 0 aromatic heterocycles. The molecule has 104 valence electrons. The molecule has 1 atom stereocenters. The van der Waals surface area contributed by atoms with Crippen LogP contribution in [0, 0.1) is 6.92 Å². The molecule has 2 rings (SSSR count). The molecule has 1 aliphatic rings. The third-order valence-corrected chi connectivity index (χ3v) is 3.52. The van der Waals surface area contributed by atoms with Crippen LogP contribution in [-0.2, 0) is 20.7 Å². The molecule has 0 aliphatic carbocycles. The first-order valence-corrected chi connectivity index (χ1v) is 7.03. The maximum Gasteiger partial charge on any atom is 0.162 e. The van der Waals surface area contributed by atoms with E-state index in [-0.39, 0.29) is 18.7 Å². The zero-order chi connectivity index (χ0) is 13.7. The first-order chi connectivity index (χ1) is 9.15. The van der Waals surface area contributed by atoms with E-state index in [0.29, 0.717) is 11.4 Å². The first kappa shape index (κ1) is 14.5. The van der Waals surface area contributed by atoms with Crippen LogP contribution >= 0.6 is 11.6 Å². The van der Waals surface area contributed by atoms with Crippen LogP contribution in [0.2, 0.25) is 5.02 Å². The van der Waals surface area contributed by atoms with Gasteiger partial charge in [0.25, 0.3) is 0 Å². The first-order valence-electron chi connectivity index (χ1n) is 6.65. The SMILES string of the molecule is Cc1ccc(CC(=O)COC2CCCCO2)c(Cl)c1. The van der Waals surface area contributed by atoms with Crippen LogP contribution in [0.15, 0.2) is 18.2 Å². The van der Waals surface area contributed by atoms with Crippen molar-refractivity contribution in [2.24, 2.45) is 0 Å². The molecule has 1 fully saturated rings. The normalized spacial score (nSPS) is 19.4. The number of carbonyl (C=O) groups excluding carboxylic acids is 1. The maximum atomic E-state index is 11.9. The average molecular weight is 283 g/mol. The van der Waals surface area contributed by atoms with E-state index in [1.165, 1.54) is 0 Å². The van der Waals surface area contributed by atoms with Crippen LogP contribution in [0.4, 0.5) is 0 Å². The van der Waals surface area contributed by atoms with E-state index in [2.05, 4.69) is 0 Å². The van der Waals surface area contributed by atoms with Crippen molar-refractivity contribution >= 4 is 17.4 Å². The highest BCUT2D eigenvalue weighted by Gasteiger charge is 2.16. The summed E-state index contributed by atoms with van der Waals surface area (Å²) in [5.74, 6) is 0.0277. The highest BCUT2D eigenvalue weighted by molar-refractivity contribution is 6.31. The lowest BCUT2D eigenvalue weighted by Gasteiger charge is -2.22. The minimum Gasteiger partial charge on any atom is -0.353 e. The molecule has 1 aromatic carbocycles. The average Bonchev–Trinajstić information content (AvgIpc) is 2.41. The molecule has 1 aliphatic heterocycles.